The van der Waals surface area contributed by atoms with Gasteiger partial charge < -0.3 is 14.8 Å². The number of carbonyl (C=O) groups excluding carboxylic acids is 2. The number of hydrogen-bond acceptors (Lipinski definition) is 6. The van der Waals surface area contributed by atoms with Crippen LogP contribution >= 0.6 is 11.3 Å². The van der Waals surface area contributed by atoms with E-state index in [-0.39, 0.29) is 17.6 Å². The highest BCUT2D eigenvalue weighted by molar-refractivity contribution is 7.16. The minimum Gasteiger partial charge on any atom is -0.497 e. The van der Waals surface area contributed by atoms with Crippen molar-refractivity contribution in [3.63, 3.8) is 0 Å². The molecule has 7 nitrogen and oxygen atoms in total. The smallest absolute Gasteiger partial charge is 0.257 e. The van der Waals surface area contributed by atoms with Crippen LogP contribution in [-0.2, 0) is 11.2 Å². The number of thiazole rings is 1. The Kier molecular flexibility index (Phi) is 5.85. The third-order valence-corrected chi connectivity index (χ3v) is 6.03. The van der Waals surface area contributed by atoms with E-state index in [2.05, 4.69) is 15.6 Å². The molecular formula is C22H20FN3O4S. The molecule has 160 valence electrons. The Balaban J connectivity index is 1.48. The number of methoxy groups -OCH3 is 2. The van der Waals surface area contributed by atoms with Crippen LogP contribution in [0.25, 0.3) is 0 Å². The minimum atomic E-state index is -0.418. The number of hydrogen-bond donors (Lipinski definition) is 2. The van der Waals surface area contributed by atoms with Gasteiger partial charge in [-0.1, -0.05) is 0 Å². The van der Waals surface area contributed by atoms with E-state index in [0.29, 0.717) is 46.4 Å². The molecule has 0 saturated heterocycles. The summed E-state index contributed by atoms with van der Waals surface area (Å²) < 4.78 is 23.5. The molecule has 0 radical (unpaired) electrons. The van der Waals surface area contributed by atoms with Crippen LogP contribution in [0, 0.1) is 5.82 Å². The molecule has 1 aliphatic rings. The minimum absolute atomic E-state index is 0.203. The predicted octanol–water partition coefficient (Wildman–Crippen LogP) is 4.22. The van der Waals surface area contributed by atoms with E-state index in [1.54, 1.807) is 18.2 Å². The zero-order valence-corrected chi connectivity index (χ0v) is 17.7. The molecule has 2 aromatic carbocycles. The molecule has 4 rings (SSSR count). The molecule has 1 aromatic heterocycles. The van der Waals surface area contributed by atoms with Crippen molar-refractivity contribution in [3.05, 3.63) is 64.4 Å². The number of ether oxygens (including phenoxy) is 2. The topological polar surface area (TPSA) is 89.6 Å². The lowest BCUT2D eigenvalue weighted by Gasteiger charge is -2.11. The Hall–Kier alpha value is -3.46. The summed E-state index contributed by atoms with van der Waals surface area (Å²) in [6.45, 7) is 0. The van der Waals surface area contributed by atoms with Crippen LogP contribution in [0.1, 0.15) is 33.3 Å². The molecule has 0 aliphatic heterocycles. The van der Waals surface area contributed by atoms with Crippen LogP contribution in [0.15, 0.2) is 42.5 Å². The van der Waals surface area contributed by atoms with Crippen molar-refractivity contribution in [3.8, 4) is 11.5 Å². The summed E-state index contributed by atoms with van der Waals surface area (Å²) in [6, 6.07) is 10.5. The number of anilines is 2. The number of benzene rings is 2. The molecule has 0 bridgehead atoms. The SMILES string of the molecule is COc1cc(OC)cc(C(=O)Nc2nc3c(s2)CCC3C(=O)Nc2ccc(F)cc2)c1. The molecular weight excluding hydrogens is 421 g/mol. The quantitative estimate of drug-likeness (QED) is 0.598. The second-order valence-electron chi connectivity index (χ2n) is 6.97. The van der Waals surface area contributed by atoms with Crippen molar-refractivity contribution in [1.29, 1.82) is 0 Å². The number of aromatic nitrogens is 1. The predicted molar refractivity (Wildman–Crippen MR) is 116 cm³/mol. The van der Waals surface area contributed by atoms with Crippen molar-refractivity contribution in [2.24, 2.45) is 0 Å². The van der Waals surface area contributed by atoms with Gasteiger partial charge in [-0.2, -0.15) is 0 Å². The average Bonchev–Trinajstić information content (AvgIpc) is 3.35. The Morgan fingerprint density at radius 3 is 2.39 bits per heavy atom. The van der Waals surface area contributed by atoms with Crippen LogP contribution in [0.4, 0.5) is 15.2 Å². The number of nitrogens with one attached hydrogen (secondary N) is 2. The summed E-state index contributed by atoms with van der Waals surface area (Å²) in [6.07, 6.45) is 1.35. The maximum absolute atomic E-state index is 13.1. The van der Waals surface area contributed by atoms with Crippen molar-refractivity contribution in [1.82, 2.24) is 4.98 Å². The molecule has 1 heterocycles. The van der Waals surface area contributed by atoms with Gasteiger partial charge in [-0.15, -0.1) is 11.3 Å². The Morgan fingerprint density at radius 1 is 1.06 bits per heavy atom. The first-order valence-electron chi connectivity index (χ1n) is 9.57. The largest absolute Gasteiger partial charge is 0.497 e. The van der Waals surface area contributed by atoms with Gasteiger partial charge in [0.25, 0.3) is 5.91 Å². The molecule has 0 saturated carbocycles. The molecule has 0 fully saturated rings. The van der Waals surface area contributed by atoms with E-state index >= 15 is 0 Å². The van der Waals surface area contributed by atoms with E-state index in [9.17, 15) is 14.0 Å². The summed E-state index contributed by atoms with van der Waals surface area (Å²) in [5.74, 6) is -0.330. The zero-order valence-electron chi connectivity index (χ0n) is 16.9. The van der Waals surface area contributed by atoms with Crippen LogP contribution in [0.5, 0.6) is 11.5 Å². The summed E-state index contributed by atoms with van der Waals surface area (Å²) in [4.78, 5) is 30.9. The number of halogens is 1. The number of nitrogens with zero attached hydrogens (tertiary/aromatic N) is 1. The van der Waals surface area contributed by atoms with E-state index in [0.717, 1.165) is 4.88 Å². The Labute approximate surface area is 182 Å². The highest BCUT2D eigenvalue weighted by Gasteiger charge is 2.33. The third kappa shape index (κ3) is 4.51. The molecule has 1 aliphatic carbocycles. The van der Waals surface area contributed by atoms with Crippen LogP contribution in [0.2, 0.25) is 0 Å². The third-order valence-electron chi connectivity index (χ3n) is 4.98. The van der Waals surface area contributed by atoms with Crippen molar-refractivity contribution in [2.45, 2.75) is 18.8 Å². The van der Waals surface area contributed by atoms with Crippen LogP contribution in [0.3, 0.4) is 0 Å². The van der Waals surface area contributed by atoms with Gasteiger partial charge in [-0.25, -0.2) is 9.37 Å². The molecule has 0 spiro atoms. The molecule has 2 amide bonds. The highest BCUT2D eigenvalue weighted by Crippen LogP contribution is 2.39. The Bertz CT molecular complexity index is 1110. The summed E-state index contributed by atoms with van der Waals surface area (Å²) in [5, 5.41) is 6.01. The van der Waals surface area contributed by atoms with E-state index < -0.39 is 5.92 Å². The first-order chi connectivity index (χ1) is 15.0. The fourth-order valence-electron chi connectivity index (χ4n) is 3.41. The maximum atomic E-state index is 13.1. The monoisotopic (exact) mass is 441 g/mol. The van der Waals surface area contributed by atoms with Gasteiger partial charge in [0, 0.05) is 22.2 Å². The van der Waals surface area contributed by atoms with Gasteiger partial charge >= 0.3 is 0 Å². The van der Waals surface area contributed by atoms with E-state index in [4.69, 9.17) is 9.47 Å². The molecule has 3 aromatic rings. The Morgan fingerprint density at radius 2 is 1.74 bits per heavy atom. The standard InChI is InChI=1S/C22H20FN3O4S/c1-29-15-9-12(10-16(11-15)30-2)20(27)26-22-25-19-17(7-8-18(19)31-22)21(28)24-14-5-3-13(23)4-6-14/h3-6,9-11,17H,7-8H2,1-2H3,(H,24,28)(H,25,26,27). The van der Waals surface area contributed by atoms with E-state index in [1.165, 1.54) is 49.8 Å². The zero-order chi connectivity index (χ0) is 22.0. The van der Waals surface area contributed by atoms with Crippen LogP contribution < -0.4 is 20.1 Å². The molecule has 31 heavy (non-hydrogen) atoms. The first kappa shape index (κ1) is 20.8. The lowest BCUT2D eigenvalue weighted by molar-refractivity contribution is -0.117. The first-order valence-corrected chi connectivity index (χ1v) is 10.4. The number of amides is 2. The van der Waals surface area contributed by atoms with E-state index in [1.807, 2.05) is 0 Å². The molecule has 2 N–H and O–H groups in total. The highest BCUT2D eigenvalue weighted by atomic mass is 32.1. The second kappa shape index (κ2) is 8.73. The van der Waals surface area contributed by atoms with Gasteiger partial charge in [-0.05, 0) is 49.2 Å². The van der Waals surface area contributed by atoms with Gasteiger partial charge in [0.15, 0.2) is 5.13 Å². The van der Waals surface area contributed by atoms with Gasteiger partial charge in [0.1, 0.15) is 17.3 Å². The van der Waals surface area contributed by atoms with Crippen molar-refractivity contribution >= 4 is 34.0 Å². The molecule has 1 atom stereocenters. The fraction of sp³-hybridized carbons (Fsp3) is 0.227. The number of carbonyl (C=O) groups is 2. The van der Waals surface area contributed by atoms with Gasteiger partial charge in [-0.3, -0.25) is 14.9 Å². The maximum Gasteiger partial charge on any atom is 0.257 e. The lowest BCUT2D eigenvalue weighted by Crippen LogP contribution is -2.20. The fourth-order valence-corrected chi connectivity index (χ4v) is 4.44. The van der Waals surface area contributed by atoms with Gasteiger partial charge in [0.2, 0.25) is 5.91 Å². The second-order valence-corrected chi connectivity index (χ2v) is 8.05. The van der Waals surface area contributed by atoms with Gasteiger partial charge in [0.05, 0.1) is 25.8 Å². The van der Waals surface area contributed by atoms with Crippen molar-refractivity contribution < 1.29 is 23.5 Å². The van der Waals surface area contributed by atoms with Crippen LogP contribution in [-0.4, -0.2) is 31.0 Å². The summed E-state index contributed by atoms with van der Waals surface area (Å²) in [5.41, 5.74) is 1.57. The number of fused-ring (bicyclic) bond motifs is 1. The number of aryl methyl sites for hydroxylation is 1. The molecule has 9 heteroatoms. The lowest BCUT2D eigenvalue weighted by atomic mass is 10.1. The number of rotatable bonds is 6. The average molecular weight is 441 g/mol. The normalized spacial score (nSPS) is 14.6. The molecule has 1 unspecified atom stereocenters. The summed E-state index contributed by atoms with van der Waals surface area (Å²) >= 11 is 1.36. The summed E-state index contributed by atoms with van der Waals surface area (Å²) in [7, 11) is 3.03. The van der Waals surface area contributed by atoms with Crippen molar-refractivity contribution in [2.75, 3.05) is 24.9 Å².